The van der Waals surface area contributed by atoms with Crippen molar-refractivity contribution in [3.05, 3.63) is 617 Å². The van der Waals surface area contributed by atoms with Crippen molar-refractivity contribution in [3.8, 4) is 95.0 Å². The van der Waals surface area contributed by atoms with E-state index in [1.165, 1.54) is 249 Å². The van der Waals surface area contributed by atoms with E-state index in [0.29, 0.717) is 0 Å². The van der Waals surface area contributed by atoms with Crippen LogP contribution in [-0.2, 0) is 35.5 Å². The van der Waals surface area contributed by atoms with E-state index < -0.39 is 5.41 Å². The van der Waals surface area contributed by atoms with E-state index in [-0.39, 0.29) is 10.8 Å². The van der Waals surface area contributed by atoms with Crippen molar-refractivity contribution >= 4 is 65.4 Å². The van der Waals surface area contributed by atoms with E-state index in [2.05, 4.69) is 555 Å². The Labute approximate surface area is 834 Å². The summed E-state index contributed by atoms with van der Waals surface area (Å²) < 4.78 is 7.37. The Morgan fingerprint density at radius 1 is 0.154 bits per heavy atom. The number of hydrogen-bond donors (Lipinski definition) is 0. The zero-order valence-corrected chi connectivity index (χ0v) is 79.7. The van der Waals surface area contributed by atoms with Crippen LogP contribution in [0.2, 0.25) is 0 Å². The summed E-state index contributed by atoms with van der Waals surface area (Å²) in [5, 5.41) is 7.63. The quantitative estimate of drug-likeness (QED) is 0.103. The van der Waals surface area contributed by atoms with Gasteiger partial charge in [-0.3, -0.25) is 0 Å². The fourth-order valence-corrected chi connectivity index (χ4v) is 24.9. The molecule has 25 aromatic rings. The Bertz CT molecular complexity index is 8870. The molecule has 143 heavy (non-hydrogen) atoms. The Morgan fingerprint density at radius 2 is 0.385 bits per heavy atom. The van der Waals surface area contributed by atoms with Gasteiger partial charge in [0, 0.05) is 54.8 Å². The normalized spacial score (nSPS) is 13.2. The smallest absolute Gasteiger partial charge is 0.0726 e. The Hall–Kier alpha value is -17.8. The van der Waals surface area contributed by atoms with Gasteiger partial charge in [-0.1, -0.05) is 451 Å². The SMILES string of the molecule is CC1(C)c2ccccc2-c2ccc(-n3c4ccccc4c4cc(-c5ccc(Cc6ccccc6)cc5)ccc43)cc21.c1ccc(Cc2ccc(-c3ccc4c(c3)c3ccccc3n4-c3ccc4c(c3)C(c3ccccc3)(c3ccccc3)c3ccccc3-4)cc2)cc1.c1ccc(Cc2ccc(-c3ccc4c(c3)c3ccccc3n4-c3ccc4c(c3)C3(c5ccccc5-c5ccccc53)c3ccccc3-4)cc2)cc1. The molecule has 0 N–H and O–H groups in total. The molecule has 3 heteroatoms. The summed E-state index contributed by atoms with van der Waals surface area (Å²) in [7, 11) is 0. The van der Waals surface area contributed by atoms with Gasteiger partial charge in [0.25, 0.3) is 0 Å². The lowest BCUT2D eigenvalue weighted by Crippen LogP contribution is -2.28. The minimum atomic E-state index is -0.441. The average Bonchev–Trinajstić information content (AvgIpc) is 1.50. The fourth-order valence-electron chi connectivity index (χ4n) is 24.9. The summed E-state index contributed by atoms with van der Waals surface area (Å²) in [5.74, 6) is 0. The van der Waals surface area contributed by atoms with Crippen LogP contribution in [0.15, 0.2) is 528 Å². The van der Waals surface area contributed by atoms with Crippen molar-refractivity contribution in [2.45, 2.75) is 49.4 Å². The molecular formula is C140H99N3. The Balaban J connectivity index is 0.000000108. The molecule has 0 fully saturated rings. The molecule has 0 radical (unpaired) electrons. The highest BCUT2D eigenvalue weighted by atomic mass is 15.0. The van der Waals surface area contributed by atoms with E-state index in [4.69, 9.17) is 0 Å². The number of para-hydroxylation sites is 3. The minimum Gasteiger partial charge on any atom is -0.309 e. The first kappa shape index (κ1) is 84.5. The first-order valence-electron chi connectivity index (χ1n) is 50.2. The second kappa shape index (κ2) is 34.4. The van der Waals surface area contributed by atoms with Gasteiger partial charge in [0.15, 0.2) is 0 Å². The zero-order chi connectivity index (χ0) is 94.9. The van der Waals surface area contributed by atoms with Crippen molar-refractivity contribution in [1.29, 1.82) is 0 Å². The van der Waals surface area contributed by atoms with Crippen LogP contribution in [0, 0.1) is 0 Å². The first-order valence-corrected chi connectivity index (χ1v) is 50.2. The largest absolute Gasteiger partial charge is 0.309 e. The molecular weight excluding hydrogens is 1720 g/mol. The van der Waals surface area contributed by atoms with Crippen LogP contribution in [0.25, 0.3) is 160 Å². The zero-order valence-electron chi connectivity index (χ0n) is 79.7. The maximum atomic E-state index is 2.49. The molecule has 3 aromatic heterocycles. The number of fused-ring (bicyclic) bond motifs is 25. The number of nitrogens with zero attached hydrogens (tertiary/aromatic N) is 3. The van der Waals surface area contributed by atoms with Gasteiger partial charge < -0.3 is 13.7 Å². The summed E-state index contributed by atoms with van der Waals surface area (Å²) in [6.07, 6.45) is 2.84. The van der Waals surface area contributed by atoms with Crippen LogP contribution in [0.3, 0.4) is 0 Å². The van der Waals surface area contributed by atoms with Crippen LogP contribution in [0.4, 0.5) is 0 Å². The molecule has 4 aliphatic carbocycles. The van der Waals surface area contributed by atoms with Crippen LogP contribution in [-0.4, -0.2) is 13.7 Å². The molecule has 0 unspecified atom stereocenters. The van der Waals surface area contributed by atoms with Gasteiger partial charge in [0.05, 0.1) is 43.9 Å². The van der Waals surface area contributed by atoms with Crippen LogP contribution >= 0.6 is 0 Å². The van der Waals surface area contributed by atoms with Gasteiger partial charge >= 0.3 is 0 Å². The van der Waals surface area contributed by atoms with Gasteiger partial charge in [0.2, 0.25) is 0 Å². The maximum Gasteiger partial charge on any atom is 0.0726 e. The van der Waals surface area contributed by atoms with E-state index in [1.807, 2.05) is 0 Å². The number of hydrogen-bond acceptors (Lipinski definition) is 0. The maximum absolute atomic E-state index is 2.49. The summed E-state index contributed by atoms with van der Waals surface area (Å²) >= 11 is 0. The van der Waals surface area contributed by atoms with Crippen molar-refractivity contribution in [1.82, 2.24) is 13.7 Å². The molecule has 0 aliphatic heterocycles. The second-order valence-corrected chi connectivity index (χ2v) is 39.6. The van der Waals surface area contributed by atoms with Crippen molar-refractivity contribution < 1.29 is 0 Å². The Morgan fingerprint density at radius 3 is 0.720 bits per heavy atom. The highest BCUT2D eigenvalue weighted by Crippen LogP contribution is 2.64. The van der Waals surface area contributed by atoms with E-state index in [0.717, 1.165) is 19.3 Å². The number of benzene rings is 22. The van der Waals surface area contributed by atoms with Gasteiger partial charge in [-0.2, -0.15) is 0 Å². The monoisotopic (exact) mass is 1820 g/mol. The summed E-state index contributed by atoms with van der Waals surface area (Å²) in [6.45, 7) is 4.70. The second-order valence-electron chi connectivity index (χ2n) is 39.6. The standard InChI is InChI=1S/C50H33N.C50H35N.C40H31N/c1-2-12-33(13-3-1)30-34-22-24-35(25-23-34)36-26-29-49-43(31-36)42-17-7-11-21-48(42)51(49)37-27-28-41-40-16-6-10-20-46(40)50(47(41)32-37)44-18-8-4-14-38(44)39-15-5-9-19-45(39)50;1-4-14-35(15-5-1)32-36-24-26-37(27-25-36)38-28-31-49-45(33-38)44-21-11-13-23-48(44)51(49)41-29-30-43-42-20-10-12-22-46(42)50(47(43)34-41,39-16-6-2-7-17-39)40-18-8-3-9-19-40;1-40(2)36-14-8-6-12-32(36)33-22-21-31(26-37(33)40)41-38-15-9-7-13-34(38)35-25-30(20-23-39(35)41)29-18-16-28(17-19-29)24-27-10-4-3-5-11-27/h1-29,31-32H,30H2;1-31,33-34H,32H2;3-23,25-26H,24H2,1-2H3. The first-order chi connectivity index (χ1) is 70.6. The average molecular weight is 1820 g/mol. The molecule has 1 spiro atoms. The molecule has 0 atom stereocenters. The lowest BCUT2D eigenvalue weighted by molar-refractivity contribution is 0.660. The molecule has 29 rings (SSSR count). The van der Waals surface area contributed by atoms with Crippen molar-refractivity contribution in [2.24, 2.45) is 0 Å². The topological polar surface area (TPSA) is 14.8 Å². The number of rotatable bonds is 14. The van der Waals surface area contributed by atoms with Crippen LogP contribution < -0.4 is 0 Å². The Kier molecular flexibility index (Phi) is 20.3. The molecule has 0 saturated carbocycles. The van der Waals surface area contributed by atoms with E-state index in [9.17, 15) is 0 Å². The number of aromatic nitrogens is 3. The molecule has 0 bridgehead atoms. The van der Waals surface area contributed by atoms with Gasteiger partial charge in [-0.25, -0.2) is 0 Å². The predicted octanol–water partition coefficient (Wildman–Crippen LogP) is 35.1. The van der Waals surface area contributed by atoms with Crippen LogP contribution in [0.5, 0.6) is 0 Å². The lowest BCUT2D eigenvalue weighted by atomic mass is 9.67. The van der Waals surface area contributed by atoms with Gasteiger partial charge in [-0.15, -0.1) is 0 Å². The molecule has 674 valence electrons. The summed E-state index contributed by atoms with van der Waals surface area (Å²) in [4.78, 5) is 0. The van der Waals surface area contributed by atoms with Crippen LogP contribution in [0.1, 0.15) is 103 Å². The molecule has 4 aliphatic rings. The predicted molar refractivity (Wildman–Crippen MR) is 598 cm³/mol. The third-order valence-corrected chi connectivity index (χ3v) is 31.4. The fraction of sp³-hybridized carbons (Fsp3) is 0.0571. The van der Waals surface area contributed by atoms with E-state index >= 15 is 0 Å². The molecule has 22 aromatic carbocycles. The highest BCUT2D eigenvalue weighted by molar-refractivity contribution is 6.14. The van der Waals surface area contributed by atoms with Gasteiger partial charge in [-0.05, 0) is 277 Å². The van der Waals surface area contributed by atoms with Crippen molar-refractivity contribution in [2.75, 3.05) is 0 Å². The highest BCUT2D eigenvalue weighted by Gasteiger charge is 2.52. The lowest BCUT2D eigenvalue weighted by Gasteiger charge is -2.34. The van der Waals surface area contributed by atoms with E-state index in [1.54, 1.807) is 0 Å². The third kappa shape index (κ3) is 13.8. The van der Waals surface area contributed by atoms with Gasteiger partial charge in [0.1, 0.15) is 0 Å². The molecule has 3 heterocycles. The molecule has 3 nitrogen and oxygen atoms in total. The summed E-state index contributed by atoms with van der Waals surface area (Å²) in [5.41, 5.74) is 49.6. The summed E-state index contributed by atoms with van der Waals surface area (Å²) in [6, 6.07) is 195. The third-order valence-electron chi connectivity index (χ3n) is 31.4. The minimum absolute atomic E-state index is 0.0272. The molecule has 0 amide bonds. The molecule has 0 saturated heterocycles. The van der Waals surface area contributed by atoms with Crippen molar-refractivity contribution in [3.63, 3.8) is 0 Å².